The number of amides is 1. The maximum absolute atomic E-state index is 12.3. The number of carboxylic acid groups (broad SMARTS) is 1. The standard InChI is InChI=1S/C17H29NO3/c1-12-6-7-14(13(2)10-12)18-15(19)11-17(16(20)21)8-4-3-5-9-17/h12-14H,3-11H2,1-2H3,(H,18,19)(H,20,21). The summed E-state index contributed by atoms with van der Waals surface area (Å²) in [5, 5.41) is 12.7. The number of aliphatic carboxylic acids is 1. The Bertz CT molecular complexity index is 387. The topological polar surface area (TPSA) is 66.4 Å². The van der Waals surface area contributed by atoms with Gasteiger partial charge in [-0.25, -0.2) is 0 Å². The summed E-state index contributed by atoms with van der Waals surface area (Å²) in [7, 11) is 0. The minimum absolute atomic E-state index is 0.0642. The Kier molecular flexibility index (Phi) is 5.28. The Morgan fingerprint density at radius 2 is 1.81 bits per heavy atom. The van der Waals surface area contributed by atoms with E-state index in [1.165, 1.54) is 0 Å². The summed E-state index contributed by atoms with van der Waals surface area (Å²) in [5.41, 5.74) is -0.812. The number of carbonyl (C=O) groups is 2. The molecule has 0 bridgehead atoms. The molecule has 0 aromatic carbocycles. The summed E-state index contributed by atoms with van der Waals surface area (Å²) in [4.78, 5) is 24.0. The normalized spacial score (nSPS) is 32.4. The molecule has 3 unspecified atom stereocenters. The van der Waals surface area contributed by atoms with Crippen molar-refractivity contribution in [3.05, 3.63) is 0 Å². The molecule has 0 aromatic rings. The first-order valence-electron chi connectivity index (χ1n) is 8.46. The molecule has 2 aliphatic carbocycles. The zero-order valence-electron chi connectivity index (χ0n) is 13.4. The van der Waals surface area contributed by atoms with Crippen molar-refractivity contribution < 1.29 is 14.7 Å². The Hall–Kier alpha value is -1.06. The van der Waals surface area contributed by atoms with E-state index in [0.717, 1.165) is 44.4 Å². The van der Waals surface area contributed by atoms with Gasteiger partial charge in [0.15, 0.2) is 0 Å². The van der Waals surface area contributed by atoms with Gasteiger partial charge >= 0.3 is 5.97 Å². The van der Waals surface area contributed by atoms with Gasteiger partial charge in [-0.1, -0.05) is 33.1 Å². The van der Waals surface area contributed by atoms with Crippen molar-refractivity contribution in [2.75, 3.05) is 0 Å². The molecule has 1 amide bonds. The average molecular weight is 295 g/mol. The third-order valence-corrected chi connectivity index (χ3v) is 5.54. The van der Waals surface area contributed by atoms with Crippen LogP contribution < -0.4 is 5.32 Å². The monoisotopic (exact) mass is 295 g/mol. The summed E-state index contributed by atoms with van der Waals surface area (Å²) in [5.74, 6) is 0.370. The second kappa shape index (κ2) is 6.80. The number of carbonyl (C=O) groups excluding carboxylic acids is 1. The summed E-state index contributed by atoms with van der Waals surface area (Å²) in [6.45, 7) is 4.45. The lowest BCUT2D eigenvalue weighted by molar-refractivity contribution is -0.154. The molecule has 2 aliphatic rings. The Balaban J connectivity index is 1.92. The van der Waals surface area contributed by atoms with Crippen molar-refractivity contribution in [2.45, 2.75) is 77.7 Å². The summed E-state index contributed by atoms with van der Waals surface area (Å²) < 4.78 is 0. The molecule has 2 N–H and O–H groups in total. The molecular formula is C17H29NO3. The first kappa shape index (κ1) is 16.3. The predicted molar refractivity (Wildman–Crippen MR) is 81.9 cm³/mol. The van der Waals surface area contributed by atoms with Crippen molar-refractivity contribution in [2.24, 2.45) is 17.3 Å². The highest BCUT2D eigenvalue weighted by Gasteiger charge is 2.42. The summed E-state index contributed by atoms with van der Waals surface area (Å²) in [6.07, 6.45) is 7.71. The lowest BCUT2D eigenvalue weighted by Gasteiger charge is -2.36. The fourth-order valence-electron chi connectivity index (χ4n) is 4.14. The number of hydrogen-bond acceptors (Lipinski definition) is 2. The van der Waals surface area contributed by atoms with Gasteiger partial charge in [-0.05, 0) is 43.9 Å². The fourth-order valence-corrected chi connectivity index (χ4v) is 4.14. The van der Waals surface area contributed by atoms with Crippen molar-refractivity contribution in [1.82, 2.24) is 5.32 Å². The number of rotatable bonds is 4. The lowest BCUT2D eigenvalue weighted by atomic mass is 9.71. The second-order valence-electron chi connectivity index (χ2n) is 7.39. The van der Waals surface area contributed by atoms with Crippen LogP contribution in [0.1, 0.15) is 71.6 Å². The molecule has 3 atom stereocenters. The Morgan fingerprint density at radius 3 is 2.38 bits per heavy atom. The van der Waals surface area contributed by atoms with Gasteiger partial charge in [0.1, 0.15) is 0 Å². The maximum Gasteiger partial charge on any atom is 0.310 e. The van der Waals surface area contributed by atoms with Crippen LogP contribution in [0.3, 0.4) is 0 Å². The highest BCUT2D eigenvalue weighted by atomic mass is 16.4. The van der Waals surface area contributed by atoms with Gasteiger partial charge in [0.2, 0.25) is 5.91 Å². The first-order chi connectivity index (χ1) is 9.93. The van der Waals surface area contributed by atoms with Crippen LogP contribution in [0, 0.1) is 17.3 Å². The smallest absolute Gasteiger partial charge is 0.310 e. The largest absolute Gasteiger partial charge is 0.481 e. The summed E-state index contributed by atoms with van der Waals surface area (Å²) in [6, 6.07) is 0.225. The number of nitrogens with one attached hydrogen (secondary N) is 1. The quantitative estimate of drug-likeness (QED) is 0.836. The number of carboxylic acids is 1. The van der Waals surface area contributed by atoms with Crippen molar-refractivity contribution in [1.29, 1.82) is 0 Å². The minimum atomic E-state index is -0.812. The number of hydrogen-bond donors (Lipinski definition) is 2. The van der Waals surface area contributed by atoms with Crippen LogP contribution in [-0.2, 0) is 9.59 Å². The SMILES string of the molecule is CC1CCC(NC(=O)CC2(C(=O)O)CCCCC2)C(C)C1. The van der Waals surface area contributed by atoms with Crippen LogP contribution in [0.2, 0.25) is 0 Å². The third-order valence-electron chi connectivity index (χ3n) is 5.54. The molecule has 0 spiro atoms. The Morgan fingerprint density at radius 1 is 1.14 bits per heavy atom. The van der Waals surface area contributed by atoms with E-state index in [-0.39, 0.29) is 18.4 Å². The first-order valence-corrected chi connectivity index (χ1v) is 8.46. The molecule has 0 saturated heterocycles. The van der Waals surface area contributed by atoms with Gasteiger partial charge in [0.05, 0.1) is 5.41 Å². The minimum Gasteiger partial charge on any atom is -0.481 e. The molecule has 4 heteroatoms. The fraction of sp³-hybridized carbons (Fsp3) is 0.882. The van der Waals surface area contributed by atoms with Crippen LogP contribution in [0.5, 0.6) is 0 Å². The van der Waals surface area contributed by atoms with Crippen LogP contribution in [-0.4, -0.2) is 23.0 Å². The van der Waals surface area contributed by atoms with Crippen LogP contribution in [0.15, 0.2) is 0 Å². The van der Waals surface area contributed by atoms with Crippen molar-refractivity contribution in [3.63, 3.8) is 0 Å². The third kappa shape index (κ3) is 3.98. The van der Waals surface area contributed by atoms with Crippen molar-refractivity contribution >= 4 is 11.9 Å². The van der Waals surface area contributed by atoms with Gasteiger partial charge in [0.25, 0.3) is 0 Å². The highest BCUT2D eigenvalue weighted by molar-refractivity contribution is 5.85. The molecule has 0 heterocycles. The van der Waals surface area contributed by atoms with E-state index in [0.29, 0.717) is 18.8 Å². The van der Waals surface area contributed by atoms with E-state index in [1.807, 2.05) is 0 Å². The van der Waals surface area contributed by atoms with E-state index in [1.54, 1.807) is 0 Å². The van der Waals surface area contributed by atoms with Crippen LogP contribution >= 0.6 is 0 Å². The highest BCUT2D eigenvalue weighted by Crippen LogP contribution is 2.40. The molecular weight excluding hydrogens is 266 g/mol. The maximum atomic E-state index is 12.3. The lowest BCUT2D eigenvalue weighted by Crippen LogP contribution is -2.46. The van der Waals surface area contributed by atoms with Gasteiger partial charge in [-0.2, -0.15) is 0 Å². The second-order valence-corrected chi connectivity index (χ2v) is 7.39. The predicted octanol–water partition coefficient (Wildman–Crippen LogP) is 3.35. The van der Waals surface area contributed by atoms with E-state index >= 15 is 0 Å². The van der Waals surface area contributed by atoms with E-state index in [9.17, 15) is 14.7 Å². The molecule has 0 radical (unpaired) electrons. The zero-order valence-corrected chi connectivity index (χ0v) is 13.4. The molecule has 2 fully saturated rings. The molecule has 0 aliphatic heterocycles. The summed E-state index contributed by atoms with van der Waals surface area (Å²) >= 11 is 0. The van der Waals surface area contributed by atoms with Crippen LogP contribution in [0.4, 0.5) is 0 Å². The molecule has 2 rings (SSSR count). The zero-order chi connectivity index (χ0) is 15.5. The molecule has 120 valence electrons. The molecule has 0 aromatic heterocycles. The molecule has 4 nitrogen and oxygen atoms in total. The van der Waals surface area contributed by atoms with E-state index < -0.39 is 11.4 Å². The molecule has 2 saturated carbocycles. The van der Waals surface area contributed by atoms with Gasteiger partial charge in [0, 0.05) is 12.5 Å². The van der Waals surface area contributed by atoms with Crippen molar-refractivity contribution in [3.8, 4) is 0 Å². The van der Waals surface area contributed by atoms with E-state index in [2.05, 4.69) is 19.2 Å². The van der Waals surface area contributed by atoms with E-state index in [4.69, 9.17) is 0 Å². The van der Waals surface area contributed by atoms with Gasteiger partial charge in [-0.3, -0.25) is 9.59 Å². The van der Waals surface area contributed by atoms with Gasteiger partial charge in [-0.15, -0.1) is 0 Å². The average Bonchev–Trinajstić information content (AvgIpc) is 2.43. The molecule has 21 heavy (non-hydrogen) atoms. The van der Waals surface area contributed by atoms with Gasteiger partial charge < -0.3 is 10.4 Å². The van der Waals surface area contributed by atoms with Crippen LogP contribution in [0.25, 0.3) is 0 Å². The Labute approximate surface area is 127 Å².